The Bertz CT molecular complexity index is 509. The van der Waals surface area contributed by atoms with Crippen LogP contribution in [-0.2, 0) is 4.79 Å². The maximum Gasteiger partial charge on any atom is 0.228 e. The summed E-state index contributed by atoms with van der Waals surface area (Å²) in [6, 6.07) is 7.68. The molecule has 1 saturated heterocycles. The lowest BCUT2D eigenvalue weighted by molar-refractivity contribution is -0.118. The number of carbonyl (C=O) groups is 1. The van der Waals surface area contributed by atoms with E-state index in [1.165, 1.54) is 0 Å². The summed E-state index contributed by atoms with van der Waals surface area (Å²) < 4.78 is 5.60. The highest BCUT2D eigenvalue weighted by atomic mass is 16.5. The molecule has 0 bridgehead atoms. The van der Waals surface area contributed by atoms with E-state index < -0.39 is 0 Å². The molecule has 1 aromatic rings. The largest absolute Gasteiger partial charge is 0.494 e. The number of rotatable bonds is 5. The third-order valence-corrected chi connectivity index (χ3v) is 4.68. The van der Waals surface area contributed by atoms with Crippen LogP contribution in [0.4, 0.5) is 5.69 Å². The van der Waals surface area contributed by atoms with Crippen molar-refractivity contribution in [3.8, 4) is 5.75 Å². The van der Waals surface area contributed by atoms with E-state index in [1.807, 2.05) is 24.3 Å². The molecule has 2 N–H and O–H groups in total. The number of carbonyl (C=O) groups excluding carboxylic acids is 1. The number of hydrogen-bond acceptors (Lipinski definition) is 3. The van der Waals surface area contributed by atoms with Gasteiger partial charge < -0.3 is 15.4 Å². The molecule has 3 rings (SSSR count). The topological polar surface area (TPSA) is 50.4 Å². The van der Waals surface area contributed by atoms with Gasteiger partial charge in [0.1, 0.15) is 5.75 Å². The van der Waals surface area contributed by atoms with E-state index in [9.17, 15) is 4.79 Å². The van der Waals surface area contributed by atoms with E-state index in [0.29, 0.717) is 6.61 Å². The van der Waals surface area contributed by atoms with Crippen LogP contribution in [0.1, 0.15) is 32.6 Å². The molecule has 1 heterocycles. The minimum absolute atomic E-state index is 0.171. The zero-order valence-electron chi connectivity index (χ0n) is 12.7. The lowest BCUT2D eigenvalue weighted by atomic mass is 9.92. The van der Waals surface area contributed by atoms with Crippen molar-refractivity contribution < 1.29 is 9.53 Å². The molecule has 1 saturated carbocycles. The Morgan fingerprint density at radius 3 is 3.00 bits per heavy atom. The number of nitrogens with one attached hydrogen (secondary N) is 2. The summed E-state index contributed by atoms with van der Waals surface area (Å²) in [6.45, 7) is 4.88. The van der Waals surface area contributed by atoms with Crippen LogP contribution in [0.2, 0.25) is 0 Å². The first-order valence-electron chi connectivity index (χ1n) is 7.98. The van der Waals surface area contributed by atoms with Crippen molar-refractivity contribution in [3.05, 3.63) is 24.3 Å². The van der Waals surface area contributed by atoms with Gasteiger partial charge in [0.15, 0.2) is 0 Å². The highest BCUT2D eigenvalue weighted by Crippen LogP contribution is 2.58. The van der Waals surface area contributed by atoms with Crippen LogP contribution in [0, 0.1) is 11.3 Å². The molecule has 1 aromatic carbocycles. The average Bonchev–Trinajstić information content (AvgIpc) is 3.20. The Morgan fingerprint density at radius 1 is 1.43 bits per heavy atom. The van der Waals surface area contributed by atoms with Crippen molar-refractivity contribution in [1.82, 2.24) is 5.32 Å². The zero-order chi connectivity index (χ0) is 14.7. The van der Waals surface area contributed by atoms with Gasteiger partial charge in [-0.1, -0.05) is 13.0 Å². The molecule has 1 unspecified atom stereocenters. The third-order valence-electron chi connectivity index (χ3n) is 4.68. The molecule has 4 heteroatoms. The molecule has 21 heavy (non-hydrogen) atoms. The summed E-state index contributed by atoms with van der Waals surface area (Å²) in [6.07, 6.45) is 4.29. The normalized spacial score (nSPS) is 22.8. The van der Waals surface area contributed by atoms with E-state index in [2.05, 4.69) is 17.6 Å². The van der Waals surface area contributed by atoms with Crippen molar-refractivity contribution in [2.75, 3.05) is 25.0 Å². The molecule has 114 valence electrons. The Morgan fingerprint density at radius 2 is 2.24 bits per heavy atom. The summed E-state index contributed by atoms with van der Waals surface area (Å²) in [7, 11) is 0. The smallest absolute Gasteiger partial charge is 0.228 e. The van der Waals surface area contributed by atoms with Crippen LogP contribution in [-0.4, -0.2) is 25.6 Å². The fourth-order valence-electron chi connectivity index (χ4n) is 3.31. The highest BCUT2D eigenvalue weighted by Gasteiger charge is 2.57. The fraction of sp³-hybridized carbons (Fsp3) is 0.588. The number of amides is 1. The number of piperidine rings is 1. The van der Waals surface area contributed by atoms with Crippen LogP contribution < -0.4 is 15.4 Å². The summed E-state index contributed by atoms with van der Waals surface area (Å²) >= 11 is 0. The minimum Gasteiger partial charge on any atom is -0.494 e. The van der Waals surface area contributed by atoms with Crippen molar-refractivity contribution in [2.45, 2.75) is 32.6 Å². The van der Waals surface area contributed by atoms with Gasteiger partial charge in [0, 0.05) is 17.7 Å². The molecule has 0 aromatic heterocycles. The van der Waals surface area contributed by atoms with E-state index in [-0.39, 0.29) is 17.2 Å². The van der Waals surface area contributed by atoms with Crippen LogP contribution in [0.5, 0.6) is 5.75 Å². The van der Waals surface area contributed by atoms with Gasteiger partial charge in [0.2, 0.25) is 5.91 Å². The predicted molar refractivity (Wildman–Crippen MR) is 83.5 cm³/mol. The summed E-state index contributed by atoms with van der Waals surface area (Å²) in [5, 5.41) is 6.42. The number of ether oxygens (including phenoxy) is 1. The first-order valence-corrected chi connectivity index (χ1v) is 7.98. The predicted octanol–water partition coefficient (Wildman–Crippen LogP) is 2.80. The average molecular weight is 288 g/mol. The maximum absolute atomic E-state index is 12.4. The van der Waals surface area contributed by atoms with Gasteiger partial charge in [-0.2, -0.15) is 0 Å². The quantitative estimate of drug-likeness (QED) is 0.876. The first kappa shape index (κ1) is 14.4. The van der Waals surface area contributed by atoms with E-state index in [0.717, 1.165) is 50.2 Å². The number of anilines is 1. The molecule has 1 aliphatic carbocycles. The molecule has 1 atom stereocenters. The Hall–Kier alpha value is -1.55. The monoisotopic (exact) mass is 288 g/mol. The molecule has 2 fully saturated rings. The maximum atomic E-state index is 12.4. The van der Waals surface area contributed by atoms with Crippen molar-refractivity contribution >= 4 is 11.6 Å². The Balaban J connectivity index is 1.58. The van der Waals surface area contributed by atoms with Crippen molar-refractivity contribution in [2.24, 2.45) is 11.3 Å². The Labute approximate surface area is 126 Å². The minimum atomic E-state index is 0.171. The highest BCUT2D eigenvalue weighted by molar-refractivity contribution is 5.95. The molecule has 1 aliphatic heterocycles. The molecule has 0 radical (unpaired) electrons. The number of hydrogen-bond donors (Lipinski definition) is 2. The van der Waals surface area contributed by atoms with Gasteiger partial charge in [0.25, 0.3) is 0 Å². The van der Waals surface area contributed by atoms with E-state index in [4.69, 9.17) is 4.74 Å². The van der Waals surface area contributed by atoms with Crippen LogP contribution in [0.25, 0.3) is 0 Å². The molecular formula is C17H24N2O2. The lowest BCUT2D eigenvalue weighted by Gasteiger charge is -2.23. The zero-order valence-corrected chi connectivity index (χ0v) is 12.7. The lowest BCUT2D eigenvalue weighted by Crippen LogP contribution is -2.31. The van der Waals surface area contributed by atoms with Crippen LogP contribution >= 0.6 is 0 Å². The van der Waals surface area contributed by atoms with Gasteiger partial charge in [-0.05, 0) is 56.3 Å². The van der Waals surface area contributed by atoms with Crippen molar-refractivity contribution in [1.29, 1.82) is 0 Å². The second-order valence-corrected chi connectivity index (χ2v) is 6.23. The van der Waals surface area contributed by atoms with Crippen molar-refractivity contribution in [3.63, 3.8) is 0 Å². The SMILES string of the molecule is CCCOc1cccc(NC(=O)C2CC23CCNCC3)c1. The molecular weight excluding hydrogens is 264 g/mol. The molecule has 1 spiro atoms. The first-order chi connectivity index (χ1) is 10.2. The van der Waals surface area contributed by atoms with E-state index >= 15 is 0 Å². The second-order valence-electron chi connectivity index (χ2n) is 6.23. The van der Waals surface area contributed by atoms with Gasteiger partial charge in [-0.15, -0.1) is 0 Å². The van der Waals surface area contributed by atoms with Gasteiger partial charge in [0.05, 0.1) is 6.61 Å². The van der Waals surface area contributed by atoms with Crippen LogP contribution in [0.3, 0.4) is 0 Å². The van der Waals surface area contributed by atoms with E-state index in [1.54, 1.807) is 0 Å². The fourth-order valence-corrected chi connectivity index (χ4v) is 3.31. The van der Waals surface area contributed by atoms with Crippen LogP contribution in [0.15, 0.2) is 24.3 Å². The van der Waals surface area contributed by atoms with Gasteiger partial charge in [-0.25, -0.2) is 0 Å². The molecule has 2 aliphatic rings. The summed E-state index contributed by atoms with van der Waals surface area (Å²) in [4.78, 5) is 12.4. The summed E-state index contributed by atoms with van der Waals surface area (Å²) in [5.74, 6) is 1.19. The standard InChI is InChI=1S/C17H24N2O2/c1-2-10-21-14-5-3-4-13(11-14)19-16(20)15-12-17(15)6-8-18-9-7-17/h3-5,11,15,18H,2,6-10,12H2,1H3,(H,19,20). The third kappa shape index (κ3) is 3.21. The number of benzene rings is 1. The van der Waals surface area contributed by atoms with Gasteiger partial charge in [-0.3, -0.25) is 4.79 Å². The molecule has 1 amide bonds. The second kappa shape index (κ2) is 6.06. The van der Waals surface area contributed by atoms with Gasteiger partial charge >= 0.3 is 0 Å². The summed E-state index contributed by atoms with van der Waals surface area (Å²) in [5.41, 5.74) is 1.12. The Kier molecular flexibility index (Phi) is 4.15. The molecule has 4 nitrogen and oxygen atoms in total.